The van der Waals surface area contributed by atoms with Crippen molar-refractivity contribution in [1.82, 2.24) is 5.32 Å². The van der Waals surface area contributed by atoms with E-state index in [0.717, 1.165) is 12.8 Å². The molecule has 17 heavy (non-hydrogen) atoms. The lowest BCUT2D eigenvalue weighted by molar-refractivity contribution is 0.134. The van der Waals surface area contributed by atoms with Crippen LogP contribution in [0.3, 0.4) is 0 Å². The summed E-state index contributed by atoms with van der Waals surface area (Å²) in [4.78, 5) is 0. The molecule has 102 valence electrons. The van der Waals surface area contributed by atoms with Gasteiger partial charge in [0, 0.05) is 12.1 Å². The molecule has 2 heteroatoms. The van der Waals surface area contributed by atoms with Crippen molar-refractivity contribution in [3.05, 3.63) is 0 Å². The van der Waals surface area contributed by atoms with Gasteiger partial charge in [-0.15, -0.1) is 0 Å². The zero-order valence-electron chi connectivity index (χ0n) is 11.8. The maximum atomic E-state index is 10.0. The maximum Gasteiger partial charge on any atom is 0.0555 e. The number of aliphatic hydroxyl groups is 1. The van der Waals surface area contributed by atoms with Crippen LogP contribution < -0.4 is 5.32 Å². The molecule has 0 bridgehead atoms. The Morgan fingerprint density at radius 1 is 1.18 bits per heavy atom. The largest absolute Gasteiger partial charge is 0.393 e. The predicted octanol–water partition coefficient (Wildman–Crippen LogP) is 3.63. The molecule has 0 aliphatic carbocycles. The van der Waals surface area contributed by atoms with E-state index in [1.807, 2.05) is 0 Å². The van der Waals surface area contributed by atoms with Gasteiger partial charge in [0.15, 0.2) is 0 Å². The molecule has 0 spiro atoms. The van der Waals surface area contributed by atoms with E-state index >= 15 is 0 Å². The van der Waals surface area contributed by atoms with Gasteiger partial charge < -0.3 is 10.4 Å². The Labute approximate surface area is 107 Å². The molecule has 0 aromatic carbocycles. The SMILES string of the molecule is CCCCCCC(O)CC1CCCCC(C)N1. The molecule has 1 heterocycles. The first-order valence-electron chi connectivity index (χ1n) is 7.66. The third-order valence-electron chi connectivity index (χ3n) is 3.91. The first-order chi connectivity index (χ1) is 8.22. The Kier molecular flexibility index (Phi) is 7.87. The van der Waals surface area contributed by atoms with Crippen molar-refractivity contribution in [3.8, 4) is 0 Å². The molecule has 1 saturated heterocycles. The second kappa shape index (κ2) is 8.93. The van der Waals surface area contributed by atoms with Crippen molar-refractivity contribution in [2.75, 3.05) is 0 Å². The van der Waals surface area contributed by atoms with Crippen LogP contribution in [-0.4, -0.2) is 23.3 Å². The van der Waals surface area contributed by atoms with Gasteiger partial charge in [0.25, 0.3) is 0 Å². The summed E-state index contributed by atoms with van der Waals surface area (Å²) in [7, 11) is 0. The highest BCUT2D eigenvalue weighted by Gasteiger charge is 2.18. The lowest BCUT2D eigenvalue weighted by Gasteiger charge is -2.22. The number of hydrogen-bond donors (Lipinski definition) is 2. The van der Waals surface area contributed by atoms with Crippen LogP contribution in [0, 0.1) is 0 Å². The lowest BCUT2D eigenvalue weighted by atomic mass is 10.00. The van der Waals surface area contributed by atoms with Crippen LogP contribution in [0.2, 0.25) is 0 Å². The van der Waals surface area contributed by atoms with Gasteiger partial charge in [-0.05, 0) is 32.6 Å². The molecule has 2 N–H and O–H groups in total. The minimum absolute atomic E-state index is 0.0883. The van der Waals surface area contributed by atoms with Gasteiger partial charge in [-0.3, -0.25) is 0 Å². The Hall–Kier alpha value is -0.0800. The number of nitrogens with one attached hydrogen (secondary N) is 1. The van der Waals surface area contributed by atoms with E-state index in [1.165, 1.54) is 51.4 Å². The van der Waals surface area contributed by atoms with Crippen LogP contribution in [-0.2, 0) is 0 Å². The first-order valence-corrected chi connectivity index (χ1v) is 7.66. The quantitative estimate of drug-likeness (QED) is 0.667. The average Bonchev–Trinajstić information content (AvgIpc) is 2.49. The molecular weight excluding hydrogens is 210 g/mol. The normalized spacial score (nSPS) is 27.7. The van der Waals surface area contributed by atoms with Crippen molar-refractivity contribution in [1.29, 1.82) is 0 Å². The maximum absolute atomic E-state index is 10.0. The fraction of sp³-hybridized carbons (Fsp3) is 1.00. The van der Waals surface area contributed by atoms with Crippen molar-refractivity contribution in [2.24, 2.45) is 0 Å². The van der Waals surface area contributed by atoms with Crippen LogP contribution >= 0.6 is 0 Å². The van der Waals surface area contributed by atoms with Crippen LogP contribution in [0.25, 0.3) is 0 Å². The van der Waals surface area contributed by atoms with Crippen molar-refractivity contribution >= 4 is 0 Å². The molecule has 2 nitrogen and oxygen atoms in total. The molecule has 1 aliphatic rings. The highest BCUT2D eigenvalue weighted by Crippen LogP contribution is 2.18. The zero-order valence-corrected chi connectivity index (χ0v) is 11.8. The van der Waals surface area contributed by atoms with E-state index in [9.17, 15) is 5.11 Å². The third kappa shape index (κ3) is 7.05. The van der Waals surface area contributed by atoms with Gasteiger partial charge >= 0.3 is 0 Å². The Morgan fingerprint density at radius 3 is 2.71 bits per heavy atom. The van der Waals surface area contributed by atoms with Crippen LogP contribution in [0.4, 0.5) is 0 Å². The Morgan fingerprint density at radius 2 is 1.94 bits per heavy atom. The summed E-state index contributed by atoms with van der Waals surface area (Å²) in [5.74, 6) is 0. The zero-order chi connectivity index (χ0) is 12.5. The minimum atomic E-state index is -0.0883. The first kappa shape index (κ1) is 15.0. The number of rotatable bonds is 7. The summed E-state index contributed by atoms with van der Waals surface area (Å²) in [5.41, 5.74) is 0. The summed E-state index contributed by atoms with van der Waals surface area (Å²) in [6.07, 6.45) is 12.1. The highest BCUT2D eigenvalue weighted by molar-refractivity contribution is 4.78. The molecule has 0 aromatic heterocycles. The summed E-state index contributed by atoms with van der Waals surface area (Å²) < 4.78 is 0. The smallest absolute Gasteiger partial charge is 0.0555 e. The van der Waals surface area contributed by atoms with Crippen molar-refractivity contribution in [2.45, 2.75) is 96.2 Å². The van der Waals surface area contributed by atoms with Gasteiger partial charge in [0.1, 0.15) is 0 Å². The topological polar surface area (TPSA) is 32.3 Å². The molecule has 3 atom stereocenters. The van der Waals surface area contributed by atoms with Crippen LogP contribution in [0.5, 0.6) is 0 Å². The fourth-order valence-corrected chi connectivity index (χ4v) is 2.85. The molecular formula is C15H31NO. The van der Waals surface area contributed by atoms with Crippen LogP contribution in [0.1, 0.15) is 78.1 Å². The minimum Gasteiger partial charge on any atom is -0.393 e. The van der Waals surface area contributed by atoms with Gasteiger partial charge in [-0.25, -0.2) is 0 Å². The molecule has 0 amide bonds. The summed E-state index contributed by atoms with van der Waals surface area (Å²) in [6, 6.07) is 1.18. The van der Waals surface area contributed by atoms with E-state index in [4.69, 9.17) is 0 Å². The Balaban J connectivity index is 2.13. The summed E-state index contributed by atoms with van der Waals surface area (Å²) in [6.45, 7) is 4.50. The van der Waals surface area contributed by atoms with Gasteiger partial charge in [-0.2, -0.15) is 0 Å². The average molecular weight is 241 g/mol. The van der Waals surface area contributed by atoms with E-state index < -0.39 is 0 Å². The number of unbranched alkanes of at least 4 members (excludes halogenated alkanes) is 3. The van der Waals surface area contributed by atoms with Gasteiger partial charge in [0.05, 0.1) is 6.10 Å². The second-order valence-corrected chi connectivity index (χ2v) is 5.79. The van der Waals surface area contributed by atoms with Crippen LogP contribution in [0.15, 0.2) is 0 Å². The third-order valence-corrected chi connectivity index (χ3v) is 3.91. The molecule has 3 unspecified atom stereocenters. The van der Waals surface area contributed by atoms with E-state index in [1.54, 1.807) is 0 Å². The molecule has 0 saturated carbocycles. The van der Waals surface area contributed by atoms with E-state index in [0.29, 0.717) is 12.1 Å². The number of hydrogen-bond acceptors (Lipinski definition) is 2. The van der Waals surface area contributed by atoms with Gasteiger partial charge in [0.2, 0.25) is 0 Å². The standard InChI is InChI=1S/C15H31NO/c1-3-4-5-6-11-15(17)12-14-10-8-7-9-13(2)16-14/h13-17H,3-12H2,1-2H3. The molecule has 0 aromatic rings. The van der Waals surface area contributed by atoms with Crippen molar-refractivity contribution < 1.29 is 5.11 Å². The predicted molar refractivity (Wildman–Crippen MR) is 74.2 cm³/mol. The van der Waals surface area contributed by atoms with Crippen molar-refractivity contribution in [3.63, 3.8) is 0 Å². The second-order valence-electron chi connectivity index (χ2n) is 5.79. The molecule has 1 aliphatic heterocycles. The molecule has 1 rings (SSSR count). The summed E-state index contributed by atoms with van der Waals surface area (Å²) >= 11 is 0. The summed E-state index contributed by atoms with van der Waals surface area (Å²) in [5, 5.41) is 13.7. The molecule has 1 fully saturated rings. The monoisotopic (exact) mass is 241 g/mol. The molecule has 0 radical (unpaired) electrons. The fourth-order valence-electron chi connectivity index (χ4n) is 2.85. The Bertz CT molecular complexity index is 184. The van der Waals surface area contributed by atoms with Gasteiger partial charge in [-0.1, -0.05) is 45.4 Å². The lowest BCUT2D eigenvalue weighted by Crippen LogP contribution is -2.37. The highest BCUT2D eigenvalue weighted by atomic mass is 16.3. The number of aliphatic hydroxyl groups excluding tert-OH is 1. The van der Waals surface area contributed by atoms with E-state index in [-0.39, 0.29) is 6.10 Å². The van der Waals surface area contributed by atoms with E-state index in [2.05, 4.69) is 19.2 Å².